The third-order valence-corrected chi connectivity index (χ3v) is 0. The molecular formula is C4H8Mg2O4. The van der Waals surface area contributed by atoms with Gasteiger partial charge >= 0.3 is 46.1 Å². The number of carboxylic acid groups (broad SMARTS) is 2. The normalized spacial score (nSPS) is 5.00. The van der Waals surface area contributed by atoms with Crippen molar-refractivity contribution in [3.63, 3.8) is 0 Å². The van der Waals surface area contributed by atoms with E-state index in [0.717, 1.165) is 13.8 Å². The van der Waals surface area contributed by atoms with E-state index in [-0.39, 0.29) is 46.1 Å². The summed E-state index contributed by atoms with van der Waals surface area (Å²) in [6, 6.07) is 0. The molecule has 0 atom stereocenters. The van der Waals surface area contributed by atoms with E-state index in [1.165, 1.54) is 0 Å². The topological polar surface area (TPSA) is 80.3 Å². The van der Waals surface area contributed by atoms with Crippen LogP contribution in [0.25, 0.3) is 0 Å². The second kappa shape index (κ2) is 16.2. The van der Waals surface area contributed by atoms with Crippen molar-refractivity contribution in [2.24, 2.45) is 0 Å². The molecule has 0 unspecified atom stereocenters. The van der Waals surface area contributed by atoms with Gasteiger partial charge in [0.1, 0.15) is 0 Å². The fourth-order valence-electron chi connectivity index (χ4n) is 0. The van der Waals surface area contributed by atoms with Gasteiger partial charge in [-0.3, -0.25) is 0 Å². The van der Waals surface area contributed by atoms with Crippen LogP contribution in [-0.2, 0) is 9.59 Å². The Morgan fingerprint density at radius 3 is 1.00 bits per heavy atom. The summed E-state index contributed by atoms with van der Waals surface area (Å²) < 4.78 is 0. The van der Waals surface area contributed by atoms with Crippen LogP contribution in [0.1, 0.15) is 13.8 Å². The molecule has 0 saturated heterocycles. The Hall–Kier alpha value is 0.472. The second-order valence-electron chi connectivity index (χ2n) is 0.983. The zero-order valence-corrected chi connectivity index (χ0v) is 6.75. The van der Waals surface area contributed by atoms with Gasteiger partial charge in [0.15, 0.2) is 0 Å². The summed E-state index contributed by atoms with van der Waals surface area (Å²) in [5, 5.41) is 17.8. The van der Waals surface area contributed by atoms with Crippen molar-refractivity contribution in [2.75, 3.05) is 0 Å². The predicted molar refractivity (Wildman–Crippen MR) is 35.7 cm³/mol. The Morgan fingerprint density at radius 1 is 1.00 bits per heavy atom. The van der Waals surface area contributed by atoms with Crippen LogP contribution in [0.5, 0.6) is 0 Å². The third kappa shape index (κ3) is 2120. The van der Waals surface area contributed by atoms with E-state index >= 15 is 0 Å². The molecule has 0 heterocycles. The molecule has 0 aliphatic heterocycles. The van der Waals surface area contributed by atoms with Crippen LogP contribution >= 0.6 is 0 Å². The molecule has 0 amide bonds. The maximum Gasteiger partial charge on any atom is 2.00 e. The first kappa shape index (κ1) is 22.4. The van der Waals surface area contributed by atoms with Gasteiger partial charge in [0, 0.05) is 11.9 Å². The molecule has 0 saturated carbocycles. The first-order valence-electron chi connectivity index (χ1n) is 1.82. The molecule has 0 aromatic heterocycles. The fourth-order valence-corrected chi connectivity index (χ4v) is 0. The number of hydrogen-bond donors (Lipinski definition) is 0. The molecule has 10 heavy (non-hydrogen) atoms. The summed E-state index contributed by atoms with van der Waals surface area (Å²) in [4.78, 5) is 17.8. The van der Waals surface area contributed by atoms with Crippen molar-refractivity contribution in [3.05, 3.63) is 0 Å². The van der Waals surface area contributed by atoms with Gasteiger partial charge in [-0.15, -0.1) is 0 Å². The maximum absolute atomic E-state index is 8.89. The molecule has 0 aromatic carbocycles. The molecule has 0 aliphatic rings. The van der Waals surface area contributed by atoms with Crippen LogP contribution in [0.4, 0.5) is 0 Å². The van der Waals surface area contributed by atoms with Crippen molar-refractivity contribution >= 4 is 58.0 Å². The number of carbonyl (C=O) groups excluding carboxylic acids is 2. The molecule has 0 fully saturated rings. The van der Waals surface area contributed by atoms with Gasteiger partial charge in [-0.1, -0.05) is 0 Å². The Morgan fingerprint density at radius 2 is 1.00 bits per heavy atom. The molecular weight excluding hydrogens is 161 g/mol. The van der Waals surface area contributed by atoms with E-state index in [0.29, 0.717) is 0 Å². The second-order valence-corrected chi connectivity index (χ2v) is 0.983. The number of carboxylic acids is 2. The van der Waals surface area contributed by atoms with Crippen molar-refractivity contribution in [1.82, 2.24) is 0 Å². The Labute approximate surface area is 91.3 Å². The van der Waals surface area contributed by atoms with Gasteiger partial charge < -0.3 is 19.8 Å². The molecule has 0 rings (SSSR count). The maximum atomic E-state index is 8.89. The molecule has 0 bridgehead atoms. The summed E-state index contributed by atoms with van der Waals surface area (Å²) in [6.07, 6.45) is 0. The van der Waals surface area contributed by atoms with Crippen LogP contribution < -0.4 is 10.2 Å². The van der Waals surface area contributed by atoms with Crippen LogP contribution in [0, 0.1) is 0 Å². The number of carbonyl (C=O) groups is 2. The molecule has 0 N–H and O–H groups in total. The summed E-state index contributed by atoms with van der Waals surface area (Å²) in [7, 11) is 0. The minimum atomic E-state index is -1.08. The molecule has 52 valence electrons. The zero-order valence-electron chi connectivity index (χ0n) is 5.34. The molecule has 0 radical (unpaired) electrons. The standard InChI is InChI=1S/2C2H4O2.2Mg.2H/c2*1-2(3)4;;;;/h2*1H3,(H,3,4);;;;/q;;;+2;;/p-2. The number of hydrogen-bond acceptors (Lipinski definition) is 4. The molecule has 0 spiro atoms. The molecule has 4 nitrogen and oxygen atoms in total. The van der Waals surface area contributed by atoms with Gasteiger partial charge in [-0.25, -0.2) is 0 Å². The number of rotatable bonds is 0. The van der Waals surface area contributed by atoms with E-state index in [1.54, 1.807) is 0 Å². The van der Waals surface area contributed by atoms with Crippen molar-refractivity contribution in [1.29, 1.82) is 0 Å². The summed E-state index contributed by atoms with van der Waals surface area (Å²) >= 11 is 0. The largest absolute Gasteiger partial charge is 2.00 e. The number of aliphatic carboxylic acids is 2. The van der Waals surface area contributed by atoms with E-state index in [4.69, 9.17) is 19.8 Å². The van der Waals surface area contributed by atoms with Crippen LogP contribution in [0.15, 0.2) is 0 Å². The first-order chi connectivity index (χ1) is 3.46. The summed E-state index contributed by atoms with van der Waals surface area (Å²) in [6.45, 7) is 1.94. The monoisotopic (exact) mass is 168 g/mol. The van der Waals surface area contributed by atoms with Crippen molar-refractivity contribution < 1.29 is 19.8 Å². The summed E-state index contributed by atoms with van der Waals surface area (Å²) in [5.41, 5.74) is 0. The van der Waals surface area contributed by atoms with Crippen molar-refractivity contribution in [3.8, 4) is 0 Å². The van der Waals surface area contributed by atoms with Gasteiger partial charge in [-0.05, 0) is 13.8 Å². The first-order valence-corrected chi connectivity index (χ1v) is 1.82. The van der Waals surface area contributed by atoms with E-state index in [1.807, 2.05) is 0 Å². The van der Waals surface area contributed by atoms with Crippen LogP contribution in [-0.4, -0.2) is 58.0 Å². The van der Waals surface area contributed by atoms with Gasteiger partial charge in [-0.2, -0.15) is 0 Å². The molecule has 0 aliphatic carbocycles. The van der Waals surface area contributed by atoms with Crippen molar-refractivity contribution in [2.45, 2.75) is 13.8 Å². The Kier molecular flexibility index (Phi) is 36.4. The van der Waals surface area contributed by atoms with Gasteiger partial charge in [0.05, 0.1) is 0 Å². The van der Waals surface area contributed by atoms with E-state index < -0.39 is 11.9 Å². The SMILES string of the molecule is CC(=O)[O-].CC(=O)[O-].[Mg+2].[MgH2]. The molecule has 0 aromatic rings. The average Bonchev–Trinajstić information content (AvgIpc) is 1.25. The molecule has 6 heteroatoms. The quantitative estimate of drug-likeness (QED) is 0.348. The third-order valence-electron chi connectivity index (χ3n) is 0. The Balaban J connectivity index is -0.0000000300. The predicted octanol–water partition coefficient (Wildman–Crippen LogP) is -3.78. The minimum absolute atomic E-state index is 0. The van der Waals surface area contributed by atoms with E-state index in [9.17, 15) is 0 Å². The summed E-state index contributed by atoms with van der Waals surface area (Å²) in [5.74, 6) is -2.17. The minimum Gasteiger partial charge on any atom is -0.550 e. The average molecular weight is 169 g/mol. The zero-order chi connectivity index (χ0) is 7.15. The Bertz CT molecular complexity index is 73.3. The van der Waals surface area contributed by atoms with Crippen LogP contribution in [0.2, 0.25) is 0 Å². The van der Waals surface area contributed by atoms with Gasteiger partial charge in [0.25, 0.3) is 0 Å². The fraction of sp³-hybridized carbons (Fsp3) is 0.500. The van der Waals surface area contributed by atoms with Crippen LogP contribution in [0.3, 0.4) is 0 Å². The van der Waals surface area contributed by atoms with E-state index in [2.05, 4.69) is 0 Å². The smallest absolute Gasteiger partial charge is 0.550 e. The van der Waals surface area contributed by atoms with Gasteiger partial charge in [0.2, 0.25) is 0 Å².